The molecule has 2 aromatic carbocycles. The molecule has 1 N–H and O–H groups in total. The molecule has 0 spiro atoms. The molecule has 0 saturated carbocycles. The molecule has 0 unspecified atom stereocenters. The highest BCUT2D eigenvalue weighted by Crippen LogP contribution is 2.15. The van der Waals surface area contributed by atoms with Gasteiger partial charge in [-0.2, -0.15) is 8.78 Å². The van der Waals surface area contributed by atoms with Gasteiger partial charge in [-0.1, -0.05) is 18.2 Å². The third-order valence-electron chi connectivity index (χ3n) is 2.79. The molecule has 2 nitrogen and oxygen atoms in total. The first-order chi connectivity index (χ1) is 10.0. The molecule has 6 heteroatoms. The number of rotatable bonds is 6. The van der Waals surface area contributed by atoms with Gasteiger partial charge in [0.05, 0.1) is 0 Å². The Morgan fingerprint density at radius 1 is 0.857 bits per heavy atom. The van der Waals surface area contributed by atoms with Gasteiger partial charge in [0.25, 0.3) is 0 Å². The molecule has 0 heterocycles. The van der Waals surface area contributed by atoms with Crippen molar-refractivity contribution >= 4 is 0 Å². The Balaban J connectivity index is 1.84. The van der Waals surface area contributed by atoms with Gasteiger partial charge in [0, 0.05) is 13.1 Å². The van der Waals surface area contributed by atoms with E-state index in [0.29, 0.717) is 18.7 Å². The monoisotopic (exact) mass is 299 g/mol. The summed E-state index contributed by atoms with van der Waals surface area (Å²) >= 11 is 0. The zero-order valence-electron chi connectivity index (χ0n) is 11.0. The molecule has 0 fully saturated rings. The zero-order chi connectivity index (χ0) is 15.2. The standard InChI is InChI=1S/C15H13F4NO/c16-13-6-3-11(7-14(13)17)9-20-8-10-1-4-12(5-2-10)21-15(18)19/h1-7,15,20H,8-9H2. The van der Waals surface area contributed by atoms with Crippen LogP contribution in [0.1, 0.15) is 11.1 Å². The van der Waals surface area contributed by atoms with Crippen molar-refractivity contribution in [3.63, 3.8) is 0 Å². The van der Waals surface area contributed by atoms with Crippen molar-refractivity contribution in [1.82, 2.24) is 5.32 Å². The van der Waals surface area contributed by atoms with Crippen molar-refractivity contribution in [2.45, 2.75) is 19.7 Å². The number of benzene rings is 2. The van der Waals surface area contributed by atoms with E-state index in [1.807, 2.05) is 0 Å². The lowest BCUT2D eigenvalue weighted by atomic mass is 10.2. The van der Waals surface area contributed by atoms with Crippen LogP contribution in [0.25, 0.3) is 0 Å². The SMILES string of the molecule is Fc1ccc(CNCc2ccc(OC(F)F)cc2)cc1F. The molecule has 21 heavy (non-hydrogen) atoms. The second-order valence-electron chi connectivity index (χ2n) is 4.37. The highest BCUT2D eigenvalue weighted by Gasteiger charge is 2.04. The van der Waals surface area contributed by atoms with E-state index in [9.17, 15) is 17.6 Å². The van der Waals surface area contributed by atoms with Crippen molar-refractivity contribution in [3.05, 3.63) is 65.2 Å². The number of hydrogen-bond acceptors (Lipinski definition) is 2. The fraction of sp³-hybridized carbons (Fsp3) is 0.200. The van der Waals surface area contributed by atoms with Gasteiger partial charge >= 0.3 is 6.61 Å². The summed E-state index contributed by atoms with van der Waals surface area (Å²) in [4.78, 5) is 0. The van der Waals surface area contributed by atoms with Gasteiger partial charge in [-0.15, -0.1) is 0 Å². The van der Waals surface area contributed by atoms with Gasteiger partial charge in [0.1, 0.15) is 5.75 Å². The summed E-state index contributed by atoms with van der Waals surface area (Å²) in [6, 6.07) is 9.88. The highest BCUT2D eigenvalue weighted by atomic mass is 19.3. The normalized spacial score (nSPS) is 10.9. The predicted molar refractivity (Wildman–Crippen MR) is 70.0 cm³/mol. The van der Waals surface area contributed by atoms with Gasteiger partial charge in [-0.25, -0.2) is 8.78 Å². The second kappa shape index (κ2) is 7.08. The van der Waals surface area contributed by atoms with E-state index in [4.69, 9.17) is 0 Å². The van der Waals surface area contributed by atoms with Crippen LogP contribution in [0.5, 0.6) is 5.75 Å². The largest absolute Gasteiger partial charge is 0.435 e. The number of ether oxygens (including phenoxy) is 1. The van der Waals surface area contributed by atoms with Gasteiger partial charge in [-0.3, -0.25) is 0 Å². The Bertz CT molecular complexity index is 587. The van der Waals surface area contributed by atoms with Crippen LogP contribution >= 0.6 is 0 Å². The highest BCUT2D eigenvalue weighted by molar-refractivity contribution is 5.27. The minimum absolute atomic E-state index is 0.0920. The van der Waals surface area contributed by atoms with Crippen molar-refractivity contribution in [1.29, 1.82) is 0 Å². The molecular weight excluding hydrogens is 286 g/mol. The molecule has 0 saturated heterocycles. The molecule has 0 aromatic heterocycles. The summed E-state index contributed by atoms with van der Waals surface area (Å²) in [7, 11) is 0. The van der Waals surface area contributed by atoms with Crippen molar-refractivity contribution in [2.24, 2.45) is 0 Å². The quantitative estimate of drug-likeness (QED) is 0.818. The Labute approximate surface area is 119 Å². The van der Waals surface area contributed by atoms with E-state index in [2.05, 4.69) is 10.1 Å². The first-order valence-electron chi connectivity index (χ1n) is 6.23. The van der Waals surface area contributed by atoms with Crippen molar-refractivity contribution in [3.8, 4) is 5.75 Å². The molecule has 0 amide bonds. The minimum atomic E-state index is -2.85. The number of nitrogens with one attached hydrogen (secondary N) is 1. The minimum Gasteiger partial charge on any atom is -0.435 e. The maximum Gasteiger partial charge on any atom is 0.387 e. The molecule has 2 rings (SSSR count). The molecule has 2 aromatic rings. The third-order valence-corrected chi connectivity index (χ3v) is 2.79. The molecule has 0 aliphatic rings. The van der Waals surface area contributed by atoms with Crippen LogP contribution in [0, 0.1) is 11.6 Å². The number of alkyl halides is 2. The smallest absolute Gasteiger partial charge is 0.387 e. The fourth-order valence-electron chi connectivity index (χ4n) is 1.79. The van der Waals surface area contributed by atoms with E-state index >= 15 is 0 Å². The Kier molecular flexibility index (Phi) is 5.16. The maximum absolute atomic E-state index is 13.0. The fourth-order valence-corrected chi connectivity index (χ4v) is 1.79. The Hall–Kier alpha value is -2.08. The first-order valence-corrected chi connectivity index (χ1v) is 6.23. The first kappa shape index (κ1) is 15.3. The lowest BCUT2D eigenvalue weighted by Gasteiger charge is -2.07. The molecule has 112 valence electrons. The number of halogens is 4. The van der Waals surface area contributed by atoms with Crippen molar-refractivity contribution < 1.29 is 22.3 Å². The number of hydrogen-bond donors (Lipinski definition) is 1. The van der Waals surface area contributed by atoms with Crippen LogP contribution < -0.4 is 10.1 Å². The average Bonchev–Trinajstić information content (AvgIpc) is 2.44. The van der Waals surface area contributed by atoms with Crippen LogP contribution in [0.15, 0.2) is 42.5 Å². The van der Waals surface area contributed by atoms with E-state index in [1.54, 1.807) is 12.1 Å². The second-order valence-corrected chi connectivity index (χ2v) is 4.37. The molecule has 0 atom stereocenters. The van der Waals surface area contributed by atoms with Gasteiger partial charge < -0.3 is 10.1 Å². The van der Waals surface area contributed by atoms with Gasteiger partial charge in [-0.05, 0) is 35.4 Å². The van der Waals surface area contributed by atoms with Crippen molar-refractivity contribution in [2.75, 3.05) is 0 Å². The summed E-state index contributed by atoms with van der Waals surface area (Å²) in [5, 5.41) is 3.05. The van der Waals surface area contributed by atoms with E-state index in [-0.39, 0.29) is 5.75 Å². The van der Waals surface area contributed by atoms with Crippen LogP contribution in [0.2, 0.25) is 0 Å². The van der Waals surface area contributed by atoms with E-state index in [0.717, 1.165) is 17.7 Å². The zero-order valence-corrected chi connectivity index (χ0v) is 11.0. The lowest BCUT2D eigenvalue weighted by molar-refractivity contribution is -0.0498. The summed E-state index contributed by atoms with van der Waals surface area (Å²) in [6.45, 7) is -2.01. The topological polar surface area (TPSA) is 21.3 Å². The third kappa shape index (κ3) is 4.75. The van der Waals surface area contributed by atoms with Crippen LogP contribution in [0.3, 0.4) is 0 Å². The van der Waals surface area contributed by atoms with E-state index < -0.39 is 18.2 Å². The average molecular weight is 299 g/mol. The molecule has 0 aliphatic heterocycles. The Morgan fingerprint density at radius 3 is 2.10 bits per heavy atom. The van der Waals surface area contributed by atoms with E-state index in [1.165, 1.54) is 18.2 Å². The molecule has 0 radical (unpaired) electrons. The molecule has 0 aliphatic carbocycles. The van der Waals surface area contributed by atoms with Crippen LogP contribution in [-0.4, -0.2) is 6.61 Å². The van der Waals surface area contributed by atoms with Gasteiger partial charge in [0.15, 0.2) is 11.6 Å². The summed E-state index contributed by atoms with van der Waals surface area (Å²) in [5.41, 5.74) is 1.48. The summed E-state index contributed by atoms with van der Waals surface area (Å²) in [5.74, 6) is -1.68. The summed E-state index contributed by atoms with van der Waals surface area (Å²) in [6.07, 6.45) is 0. The summed E-state index contributed by atoms with van der Waals surface area (Å²) < 4.78 is 54.0. The van der Waals surface area contributed by atoms with Crippen LogP contribution in [0.4, 0.5) is 17.6 Å². The molecular formula is C15H13F4NO. The predicted octanol–water partition coefficient (Wildman–Crippen LogP) is 3.86. The molecule has 0 bridgehead atoms. The van der Waals surface area contributed by atoms with Crippen LogP contribution in [-0.2, 0) is 13.1 Å². The van der Waals surface area contributed by atoms with Gasteiger partial charge in [0.2, 0.25) is 0 Å². The Morgan fingerprint density at radius 2 is 1.48 bits per heavy atom. The maximum atomic E-state index is 13.0. The lowest BCUT2D eigenvalue weighted by Crippen LogP contribution is -2.13.